The van der Waals surface area contributed by atoms with E-state index in [9.17, 15) is 4.79 Å². The van der Waals surface area contributed by atoms with Gasteiger partial charge in [-0.05, 0) is 38.8 Å². The summed E-state index contributed by atoms with van der Waals surface area (Å²) in [6.07, 6.45) is 2.82. The van der Waals surface area contributed by atoms with Gasteiger partial charge in [0.1, 0.15) is 0 Å². The van der Waals surface area contributed by atoms with E-state index in [1.807, 2.05) is 0 Å². The molecule has 0 amide bonds. The Bertz CT molecular complexity index is 510. The molecule has 0 aromatic carbocycles. The van der Waals surface area contributed by atoms with Gasteiger partial charge in [0, 0.05) is 13.0 Å². The average molecular weight is 294 g/mol. The van der Waals surface area contributed by atoms with E-state index in [4.69, 9.17) is 15.0 Å². The van der Waals surface area contributed by atoms with Crippen LogP contribution in [0.1, 0.15) is 37.9 Å². The Morgan fingerprint density at radius 1 is 1.52 bits per heavy atom. The minimum Gasteiger partial charge on any atom is -0.466 e. The first-order valence-corrected chi connectivity index (χ1v) is 7.61. The predicted octanol–water partition coefficient (Wildman–Crippen LogP) is 0.445. The third kappa shape index (κ3) is 2.80. The van der Waals surface area contributed by atoms with Gasteiger partial charge in [0.05, 0.1) is 18.6 Å². The van der Waals surface area contributed by atoms with Gasteiger partial charge < -0.3 is 19.9 Å². The quantitative estimate of drug-likeness (QED) is 0.787. The van der Waals surface area contributed by atoms with Crippen LogP contribution >= 0.6 is 0 Å². The maximum atomic E-state index is 11.3. The first-order chi connectivity index (χ1) is 10.1. The highest BCUT2D eigenvalue weighted by Crippen LogP contribution is 2.39. The Labute approximate surface area is 123 Å². The molecule has 1 aromatic rings. The lowest BCUT2D eigenvalue weighted by Gasteiger charge is -2.49. The molecule has 1 atom stereocenters. The fourth-order valence-electron chi connectivity index (χ4n) is 3.35. The maximum absolute atomic E-state index is 11.3. The molecule has 2 bridgehead atoms. The molecule has 3 saturated heterocycles. The topological polar surface area (TPSA) is 94.5 Å². The summed E-state index contributed by atoms with van der Waals surface area (Å²) in [5, 5.41) is 4.06. The number of carbonyl (C=O) groups excluding carboxylic acids is 1. The number of ether oxygens (including phenoxy) is 1. The number of carbonyl (C=O) groups is 1. The molecule has 0 spiro atoms. The lowest BCUT2D eigenvalue weighted by molar-refractivity contribution is -0.143. The third-order valence-electron chi connectivity index (χ3n) is 4.53. The molecule has 0 radical (unpaired) electrons. The third-order valence-corrected chi connectivity index (χ3v) is 4.53. The number of nitrogens with zero attached hydrogens (tertiary/aromatic N) is 3. The van der Waals surface area contributed by atoms with Crippen molar-refractivity contribution in [3.8, 4) is 0 Å². The van der Waals surface area contributed by atoms with Gasteiger partial charge in [0.15, 0.2) is 5.82 Å². The minimum atomic E-state index is -0.512. The molecule has 3 aliphatic heterocycles. The number of rotatable bonds is 5. The van der Waals surface area contributed by atoms with Crippen LogP contribution in [0.2, 0.25) is 0 Å². The standard InChI is InChI=1S/C14H22N4O3/c1-2-20-12(19)4-3-11-16-13(17-21-11)14(15)9-18-7-5-10(14)6-8-18/h10H,2-9,15H2,1H3. The van der Waals surface area contributed by atoms with E-state index < -0.39 is 5.54 Å². The molecule has 1 unspecified atom stereocenters. The van der Waals surface area contributed by atoms with E-state index in [1.54, 1.807) is 6.92 Å². The highest BCUT2D eigenvalue weighted by molar-refractivity contribution is 5.69. The first-order valence-electron chi connectivity index (χ1n) is 7.61. The van der Waals surface area contributed by atoms with Crippen LogP contribution < -0.4 is 5.73 Å². The first kappa shape index (κ1) is 14.5. The van der Waals surface area contributed by atoms with E-state index in [2.05, 4.69) is 15.0 Å². The van der Waals surface area contributed by atoms with Gasteiger partial charge in [-0.2, -0.15) is 4.98 Å². The highest BCUT2D eigenvalue weighted by Gasteiger charge is 2.48. The fraction of sp³-hybridized carbons (Fsp3) is 0.786. The number of hydrogen-bond acceptors (Lipinski definition) is 7. The number of fused-ring (bicyclic) bond motifs is 3. The Hall–Kier alpha value is -1.47. The second-order valence-electron chi connectivity index (χ2n) is 5.91. The lowest BCUT2D eigenvalue weighted by Crippen LogP contribution is -2.62. The van der Waals surface area contributed by atoms with Crippen LogP contribution in [0.3, 0.4) is 0 Å². The Morgan fingerprint density at radius 3 is 2.90 bits per heavy atom. The van der Waals surface area contributed by atoms with Crippen molar-refractivity contribution in [2.75, 3.05) is 26.2 Å². The number of aromatic nitrogens is 2. The minimum absolute atomic E-state index is 0.248. The van der Waals surface area contributed by atoms with Crippen LogP contribution in [0.4, 0.5) is 0 Å². The van der Waals surface area contributed by atoms with Gasteiger partial charge in [-0.15, -0.1) is 0 Å². The molecule has 3 fully saturated rings. The summed E-state index contributed by atoms with van der Waals surface area (Å²) in [6, 6.07) is 0. The molecule has 4 rings (SSSR count). The second-order valence-corrected chi connectivity index (χ2v) is 5.91. The van der Waals surface area contributed by atoms with E-state index in [0.717, 1.165) is 32.5 Å². The summed E-state index contributed by atoms with van der Waals surface area (Å²) >= 11 is 0. The zero-order valence-electron chi connectivity index (χ0n) is 12.4. The van der Waals surface area contributed by atoms with Crippen molar-refractivity contribution in [3.05, 3.63) is 11.7 Å². The van der Waals surface area contributed by atoms with Crippen LogP contribution in [0.5, 0.6) is 0 Å². The molecular weight excluding hydrogens is 272 g/mol. The zero-order valence-corrected chi connectivity index (χ0v) is 12.4. The number of nitrogens with two attached hydrogens (primary N) is 1. The maximum Gasteiger partial charge on any atom is 0.306 e. The summed E-state index contributed by atoms with van der Waals surface area (Å²) in [5.74, 6) is 1.20. The molecule has 0 saturated carbocycles. The second kappa shape index (κ2) is 5.73. The molecule has 3 aliphatic rings. The smallest absolute Gasteiger partial charge is 0.306 e. The molecule has 116 valence electrons. The van der Waals surface area contributed by atoms with Crippen molar-refractivity contribution in [1.82, 2.24) is 15.0 Å². The Balaban J connectivity index is 1.66. The SMILES string of the molecule is CCOC(=O)CCc1nc(C2(N)CN3CCC2CC3)no1. The Kier molecular flexibility index (Phi) is 3.95. The number of hydrogen-bond donors (Lipinski definition) is 1. The summed E-state index contributed by atoms with van der Waals surface area (Å²) in [5.41, 5.74) is 6.05. The largest absolute Gasteiger partial charge is 0.466 e. The van der Waals surface area contributed by atoms with Gasteiger partial charge in [0.25, 0.3) is 0 Å². The molecule has 1 aromatic heterocycles. The van der Waals surface area contributed by atoms with Gasteiger partial charge in [-0.1, -0.05) is 5.16 Å². The van der Waals surface area contributed by atoms with Crippen LogP contribution in [-0.4, -0.2) is 47.3 Å². The van der Waals surface area contributed by atoms with Gasteiger partial charge in [-0.3, -0.25) is 4.79 Å². The van der Waals surface area contributed by atoms with Crippen molar-refractivity contribution < 1.29 is 14.1 Å². The number of aryl methyl sites for hydroxylation is 1. The van der Waals surface area contributed by atoms with Gasteiger partial charge >= 0.3 is 5.97 Å². The highest BCUT2D eigenvalue weighted by atomic mass is 16.5. The number of esters is 1. The molecule has 0 aliphatic carbocycles. The van der Waals surface area contributed by atoms with Gasteiger partial charge in [0.2, 0.25) is 5.89 Å². The van der Waals surface area contributed by atoms with Crippen LogP contribution in [0.25, 0.3) is 0 Å². The van der Waals surface area contributed by atoms with E-state index in [-0.39, 0.29) is 12.4 Å². The van der Waals surface area contributed by atoms with Crippen LogP contribution in [0.15, 0.2) is 4.52 Å². The average Bonchev–Trinajstić information content (AvgIpc) is 2.96. The molecule has 2 N–H and O–H groups in total. The Morgan fingerprint density at radius 2 is 2.29 bits per heavy atom. The monoisotopic (exact) mass is 294 g/mol. The van der Waals surface area contributed by atoms with Crippen molar-refractivity contribution in [1.29, 1.82) is 0 Å². The summed E-state index contributed by atoms with van der Waals surface area (Å²) < 4.78 is 10.1. The van der Waals surface area contributed by atoms with Crippen LogP contribution in [-0.2, 0) is 21.5 Å². The predicted molar refractivity (Wildman–Crippen MR) is 74.3 cm³/mol. The molecule has 4 heterocycles. The molecule has 21 heavy (non-hydrogen) atoms. The van der Waals surface area contributed by atoms with Crippen molar-refractivity contribution in [3.63, 3.8) is 0 Å². The lowest BCUT2D eigenvalue weighted by atomic mass is 9.73. The number of piperidine rings is 3. The van der Waals surface area contributed by atoms with Crippen molar-refractivity contribution >= 4 is 5.97 Å². The molecular formula is C14H22N4O3. The van der Waals surface area contributed by atoms with Crippen LogP contribution in [0, 0.1) is 5.92 Å². The van der Waals surface area contributed by atoms with Crippen molar-refractivity contribution in [2.45, 2.75) is 38.1 Å². The van der Waals surface area contributed by atoms with E-state index in [0.29, 0.717) is 30.7 Å². The van der Waals surface area contributed by atoms with E-state index >= 15 is 0 Å². The molecule has 7 heteroatoms. The summed E-state index contributed by atoms with van der Waals surface area (Å²) in [4.78, 5) is 18.1. The normalized spacial score (nSPS) is 31.3. The fourth-order valence-corrected chi connectivity index (χ4v) is 3.35. The zero-order chi connectivity index (χ0) is 14.9. The van der Waals surface area contributed by atoms with Gasteiger partial charge in [-0.25, -0.2) is 0 Å². The molecule has 7 nitrogen and oxygen atoms in total. The van der Waals surface area contributed by atoms with E-state index in [1.165, 1.54) is 0 Å². The summed E-state index contributed by atoms with van der Waals surface area (Å²) in [6.45, 7) is 5.18. The van der Waals surface area contributed by atoms with Crippen molar-refractivity contribution in [2.24, 2.45) is 11.7 Å². The summed E-state index contributed by atoms with van der Waals surface area (Å²) in [7, 11) is 0.